The van der Waals surface area contributed by atoms with Crippen LogP contribution in [0.3, 0.4) is 0 Å². The predicted octanol–water partition coefficient (Wildman–Crippen LogP) is 1.41. The van der Waals surface area contributed by atoms with E-state index in [1.165, 1.54) is 12.1 Å². The van der Waals surface area contributed by atoms with Crippen LogP contribution >= 0.6 is 0 Å². The van der Waals surface area contributed by atoms with E-state index in [1.54, 1.807) is 0 Å². The molecule has 0 aliphatic rings. The Morgan fingerprint density at radius 1 is 1.44 bits per heavy atom. The van der Waals surface area contributed by atoms with Crippen LogP contribution in [-0.2, 0) is 10.0 Å². The maximum absolute atomic E-state index is 13.2. The van der Waals surface area contributed by atoms with Crippen LogP contribution in [0, 0.1) is 5.82 Å². The van der Waals surface area contributed by atoms with Gasteiger partial charge in [-0.2, -0.15) is 0 Å². The third-order valence-electron chi connectivity index (χ3n) is 1.69. The van der Waals surface area contributed by atoms with Crippen molar-refractivity contribution in [2.24, 2.45) is 5.11 Å². The second-order valence-corrected chi connectivity index (χ2v) is 4.52. The summed E-state index contributed by atoms with van der Waals surface area (Å²) in [5.41, 5.74) is 7.98. The summed E-state index contributed by atoms with van der Waals surface area (Å²) >= 11 is 0. The van der Waals surface area contributed by atoms with Crippen LogP contribution < -0.4 is 4.72 Å². The molecule has 8 heteroatoms. The van der Waals surface area contributed by atoms with Gasteiger partial charge in [0.05, 0.1) is 0 Å². The minimum atomic E-state index is -3.88. The van der Waals surface area contributed by atoms with Crippen molar-refractivity contribution in [1.82, 2.24) is 4.72 Å². The summed E-state index contributed by atoms with van der Waals surface area (Å²) in [7, 11) is -3.88. The first-order valence-corrected chi connectivity index (χ1v) is 5.81. The molecule has 0 aliphatic carbocycles. The van der Waals surface area contributed by atoms with Crippen molar-refractivity contribution < 1.29 is 12.8 Å². The van der Waals surface area contributed by atoms with Gasteiger partial charge in [0.25, 0.3) is 0 Å². The fourth-order valence-corrected chi connectivity index (χ4v) is 2.11. The molecular weight excluding hydrogens is 235 g/mol. The van der Waals surface area contributed by atoms with Crippen LogP contribution in [0.4, 0.5) is 4.39 Å². The molecule has 0 fully saturated rings. The molecule has 0 heterocycles. The highest BCUT2D eigenvalue weighted by Crippen LogP contribution is 2.12. The fourth-order valence-electron chi connectivity index (χ4n) is 1.02. The summed E-state index contributed by atoms with van der Waals surface area (Å²) < 4.78 is 38.3. The molecule has 1 aromatic carbocycles. The lowest BCUT2D eigenvalue weighted by Gasteiger charge is -2.05. The minimum absolute atomic E-state index is 0.0236. The summed E-state index contributed by atoms with van der Waals surface area (Å²) in [4.78, 5) is 2.04. The van der Waals surface area contributed by atoms with E-state index in [1.807, 2.05) is 0 Å². The van der Waals surface area contributed by atoms with Gasteiger partial charge in [-0.25, -0.2) is 17.5 Å². The molecule has 1 N–H and O–H groups in total. The van der Waals surface area contributed by atoms with E-state index in [2.05, 4.69) is 14.7 Å². The third-order valence-corrected chi connectivity index (χ3v) is 3.19. The molecule has 1 aromatic rings. The highest BCUT2D eigenvalue weighted by Gasteiger charge is 2.17. The van der Waals surface area contributed by atoms with Crippen molar-refractivity contribution >= 4 is 10.0 Å². The number of rotatable bonds is 5. The van der Waals surface area contributed by atoms with Crippen LogP contribution in [-0.4, -0.2) is 21.5 Å². The Morgan fingerprint density at radius 3 is 2.75 bits per heavy atom. The number of halogens is 1. The number of nitrogens with one attached hydrogen (secondary N) is 1. The Morgan fingerprint density at radius 2 is 2.12 bits per heavy atom. The number of benzene rings is 1. The summed E-state index contributed by atoms with van der Waals surface area (Å²) in [5.74, 6) is -0.821. The zero-order chi connectivity index (χ0) is 12.0. The SMILES string of the molecule is [N-]=[N+]=NCCNS(=O)(=O)c1ccccc1F. The lowest BCUT2D eigenvalue weighted by atomic mass is 10.4. The molecule has 0 spiro atoms. The first kappa shape index (κ1) is 12.4. The summed E-state index contributed by atoms with van der Waals surface area (Å²) in [6, 6.07) is 5.03. The van der Waals surface area contributed by atoms with Crippen LogP contribution in [0.2, 0.25) is 0 Å². The van der Waals surface area contributed by atoms with Gasteiger partial charge in [-0.3, -0.25) is 0 Å². The van der Waals surface area contributed by atoms with Gasteiger partial charge in [-0.1, -0.05) is 17.2 Å². The lowest BCUT2D eigenvalue weighted by Crippen LogP contribution is -2.26. The Balaban J connectivity index is 2.79. The van der Waals surface area contributed by atoms with Crippen molar-refractivity contribution in [1.29, 1.82) is 0 Å². The Labute approximate surface area is 91.8 Å². The van der Waals surface area contributed by atoms with E-state index in [-0.39, 0.29) is 13.1 Å². The maximum atomic E-state index is 13.2. The molecule has 16 heavy (non-hydrogen) atoms. The molecule has 0 atom stereocenters. The quantitative estimate of drug-likeness (QED) is 0.367. The number of nitrogens with zero attached hydrogens (tertiary/aromatic N) is 3. The number of sulfonamides is 1. The maximum Gasteiger partial charge on any atom is 0.243 e. The van der Waals surface area contributed by atoms with E-state index in [0.717, 1.165) is 12.1 Å². The number of hydrogen-bond acceptors (Lipinski definition) is 3. The molecule has 0 aliphatic heterocycles. The van der Waals surface area contributed by atoms with Crippen LogP contribution in [0.1, 0.15) is 0 Å². The second kappa shape index (κ2) is 5.45. The minimum Gasteiger partial charge on any atom is -0.211 e. The summed E-state index contributed by atoms with van der Waals surface area (Å²) in [6.45, 7) is -0.0924. The zero-order valence-corrected chi connectivity index (χ0v) is 8.98. The highest BCUT2D eigenvalue weighted by atomic mass is 32.2. The largest absolute Gasteiger partial charge is 0.243 e. The van der Waals surface area contributed by atoms with E-state index >= 15 is 0 Å². The van der Waals surface area contributed by atoms with Crippen molar-refractivity contribution in [3.05, 3.63) is 40.5 Å². The number of azide groups is 1. The number of hydrogen-bond donors (Lipinski definition) is 1. The van der Waals surface area contributed by atoms with Gasteiger partial charge in [0.2, 0.25) is 10.0 Å². The summed E-state index contributed by atoms with van der Waals surface area (Å²) in [6.07, 6.45) is 0. The molecule has 0 saturated carbocycles. The topological polar surface area (TPSA) is 94.9 Å². The van der Waals surface area contributed by atoms with Crippen molar-refractivity contribution in [2.45, 2.75) is 4.90 Å². The molecule has 0 aromatic heterocycles. The molecule has 0 unspecified atom stereocenters. The van der Waals surface area contributed by atoms with Crippen molar-refractivity contribution in [3.8, 4) is 0 Å². The van der Waals surface area contributed by atoms with E-state index in [4.69, 9.17) is 5.53 Å². The van der Waals surface area contributed by atoms with E-state index < -0.39 is 20.7 Å². The van der Waals surface area contributed by atoms with Crippen LogP contribution in [0.5, 0.6) is 0 Å². The van der Waals surface area contributed by atoms with Gasteiger partial charge < -0.3 is 0 Å². The van der Waals surface area contributed by atoms with Crippen molar-refractivity contribution in [2.75, 3.05) is 13.1 Å². The normalized spacial score (nSPS) is 10.8. The summed E-state index contributed by atoms with van der Waals surface area (Å²) in [5, 5.41) is 3.15. The van der Waals surface area contributed by atoms with E-state index in [9.17, 15) is 12.8 Å². The fraction of sp³-hybridized carbons (Fsp3) is 0.250. The molecule has 0 radical (unpaired) electrons. The average molecular weight is 244 g/mol. The van der Waals surface area contributed by atoms with Gasteiger partial charge in [0.15, 0.2) is 0 Å². The zero-order valence-electron chi connectivity index (χ0n) is 8.17. The first-order valence-electron chi connectivity index (χ1n) is 4.33. The monoisotopic (exact) mass is 244 g/mol. The molecular formula is C8H9FN4O2S. The van der Waals surface area contributed by atoms with Gasteiger partial charge in [0, 0.05) is 18.0 Å². The molecule has 0 amide bonds. The molecule has 1 rings (SSSR count). The predicted molar refractivity (Wildman–Crippen MR) is 55.6 cm³/mol. The van der Waals surface area contributed by atoms with Gasteiger partial charge in [0.1, 0.15) is 10.7 Å². The van der Waals surface area contributed by atoms with Crippen molar-refractivity contribution in [3.63, 3.8) is 0 Å². The van der Waals surface area contributed by atoms with Gasteiger partial charge >= 0.3 is 0 Å². The molecule has 6 nitrogen and oxygen atoms in total. The molecule has 86 valence electrons. The van der Waals surface area contributed by atoms with Crippen LogP contribution in [0.15, 0.2) is 34.3 Å². The smallest absolute Gasteiger partial charge is 0.211 e. The van der Waals surface area contributed by atoms with Gasteiger partial charge in [-0.05, 0) is 17.7 Å². The standard InChI is InChI=1S/C8H9FN4O2S/c9-7-3-1-2-4-8(7)16(14,15)12-6-5-11-13-10/h1-4,12H,5-6H2. The third kappa shape index (κ3) is 3.20. The van der Waals surface area contributed by atoms with Gasteiger partial charge in [-0.15, -0.1) is 0 Å². The second-order valence-electron chi connectivity index (χ2n) is 2.78. The lowest BCUT2D eigenvalue weighted by molar-refractivity contribution is 0.557. The Kier molecular flexibility index (Phi) is 4.24. The Hall–Kier alpha value is -1.63. The van der Waals surface area contributed by atoms with Crippen LogP contribution in [0.25, 0.3) is 10.4 Å². The van der Waals surface area contributed by atoms with E-state index in [0.29, 0.717) is 0 Å². The first-order chi connectivity index (χ1) is 7.58. The molecule has 0 saturated heterocycles. The molecule has 0 bridgehead atoms. The average Bonchev–Trinajstić information content (AvgIpc) is 2.25. The highest BCUT2D eigenvalue weighted by molar-refractivity contribution is 7.89. The Bertz CT molecular complexity index is 511.